The van der Waals surface area contributed by atoms with Crippen LogP contribution in [-0.4, -0.2) is 47.0 Å². The predicted molar refractivity (Wildman–Crippen MR) is 114 cm³/mol. The highest BCUT2D eigenvalue weighted by Crippen LogP contribution is 2.30. The molecule has 2 aromatic rings. The molecule has 1 N–H and O–H groups in total. The lowest BCUT2D eigenvalue weighted by atomic mass is 10.2. The largest absolute Gasteiger partial charge is 0.299 e. The summed E-state index contributed by atoms with van der Waals surface area (Å²) in [6.07, 6.45) is 1.10. The molecule has 2 rings (SSSR count). The van der Waals surface area contributed by atoms with Crippen molar-refractivity contribution in [3.05, 3.63) is 34.4 Å². The van der Waals surface area contributed by atoms with Crippen molar-refractivity contribution >= 4 is 55.5 Å². The molecule has 13 heteroatoms. The number of non-ortho nitro benzene ring substituents is 1. The minimum absolute atomic E-state index is 0.0389. The summed E-state index contributed by atoms with van der Waals surface area (Å²) in [4.78, 5) is 23.3. The minimum atomic E-state index is -3.91. The number of amides is 1. The second-order valence-corrected chi connectivity index (χ2v) is 10.9. The van der Waals surface area contributed by atoms with Crippen molar-refractivity contribution in [3.63, 3.8) is 0 Å². The van der Waals surface area contributed by atoms with Gasteiger partial charge in [0.2, 0.25) is 21.1 Å². The third-order valence-electron chi connectivity index (χ3n) is 3.60. The normalized spacial score (nSPS) is 12.6. The van der Waals surface area contributed by atoms with Gasteiger partial charge in [-0.15, -0.1) is 10.2 Å². The number of hydrogen-bond donors (Lipinski definition) is 1. The van der Waals surface area contributed by atoms with E-state index in [1.165, 1.54) is 41.3 Å². The van der Waals surface area contributed by atoms with Gasteiger partial charge in [-0.05, 0) is 12.5 Å². The molecule has 10 nitrogen and oxygen atoms in total. The highest BCUT2D eigenvalue weighted by molar-refractivity contribution is 8.01. The predicted octanol–water partition coefficient (Wildman–Crippen LogP) is 3.13. The Morgan fingerprint density at radius 1 is 1.38 bits per heavy atom. The topological polar surface area (TPSA) is 135 Å². The van der Waals surface area contributed by atoms with Crippen LogP contribution in [0.25, 0.3) is 0 Å². The number of thioether (sulfide) groups is 1. The quantitative estimate of drug-likeness (QED) is 0.261. The van der Waals surface area contributed by atoms with E-state index in [9.17, 15) is 23.3 Å². The standard InChI is InChI=1S/C16H21N5O5S3/c1-5-13(14(22)17-15-18-19-16(28-15)27-10(2)3)20(29(4,25)26)11-7-6-8-12(9-11)21(23)24/h6-10,13H,5H2,1-4H3,(H,17,18,22). The zero-order valence-electron chi connectivity index (χ0n) is 16.2. The van der Waals surface area contributed by atoms with Crippen LogP contribution in [0.1, 0.15) is 27.2 Å². The number of rotatable bonds is 9. The van der Waals surface area contributed by atoms with Crippen molar-refractivity contribution < 1.29 is 18.1 Å². The van der Waals surface area contributed by atoms with E-state index in [1.54, 1.807) is 6.92 Å². The SMILES string of the molecule is CCC(C(=O)Nc1nnc(SC(C)C)s1)N(c1cccc([N+](=O)[O-])c1)S(C)(=O)=O. The van der Waals surface area contributed by atoms with E-state index in [0.717, 1.165) is 16.6 Å². The van der Waals surface area contributed by atoms with Crippen molar-refractivity contribution in [2.24, 2.45) is 0 Å². The summed E-state index contributed by atoms with van der Waals surface area (Å²) >= 11 is 2.69. The number of carbonyl (C=O) groups excluding carboxylic acids is 1. The van der Waals surface area contributed by atoms with Gasteiger partial charge < -0.3 is 0 Å². The number of benzene rings is 1. The van der Waals surface area contributed by atoms with Gasteiger partial charge in [0.05, 0.1) is 16.9 Å². The first-order chi connectivity index (χ1) is 13.5. The molecule has 1 amide bonds. The Morgan fingerprint density at radius 2 is 2.07 bits per heavy atom. The molecule has 29 heavy (non-hydrogen) atoms. The average Bonchev–Trinajstić information content (AvgIpc) is 3.04. The first kappa shape index (κ1) is 23.0. The van der Waals surface area contributed by atoms with Crippen molar-refractivity contribution in [3.8, 4) is 0 Å². The fourth-order valence-corrected chi connectivity index (χ4v) is 5.68. The van der Waals surface area contributed by atoms with E-state index in [-0.39, 0.29) is 22.9 Å². The minimum Gasteiger partial charge on any atom is -0.299 e. The second kappa shape index (κ2) is 9.50. The maximum atomic E-state index is 12.8. The highest BCUT2D eigenvalue weighted by Gasteiger charge is 2.32. The first-order valence-electron chi connectivity index (χ1n) is 8.57. The van der Waals surface area contributed by atoms with Crippen LogP contribution in [0.2, 0.25) is 0 Å². The molecule has 1 unspecified atom stereocenters. The summed E-state index contributed by atoms with van der Waals surface area (Å²) in [5.74, 6) is -0.596. The zero-order valence-corrected chi connectivity index (χ0v) is 18.7. The monoisotopic (exact) mass is 459 g/mol. The molecule has 0 radical (unpaired) electrons. The summed E-state index contributed by atoms with van der Waals surface area (Å²) in [6, 6.07) is 4.04. The molecule has 158 valence electrons. The Morgan fingerprint density at radius 3 is 2.62 bits per heavy atom. The number of hydrogen-bond acceptors (Lipinski definition) is 9. The lowest BCUT2D eigenvalue weighted by molar-refractivity contribution is -0.384. The summed E-state index contributed by atoms with van der Waals surface area (Å²) < 4.78 is 26.5. The lowest BCUT2D eigenvalue weighted by Crippen LogP contribution is -2.47. The zero-order chi connectivity index (χ0) is 21.8. The molecular weight excluding hydrogens is 438 g/mol. The summed E-state index contributed by atoms with van der Waals surface area (Å²) in [7, 11) is -3.91. The first-order valence-corrected chi connectivity index (χ1v) is 12.1. The molecule has 0 saturated carbocycles. The van der Waals surface area contributed by atoms with Crippen molar-refractivity contribution in [2.75, 3.05) is 15.9 Å². The van der Waals surface area contributed by atoms with E-state index in [0.29, 0.717) is 9.59 Å². The molecule has 1 atom stereocenters. The number of sulfonamides is 1. The number of nitro benzene ring substituents is 1. The molecule has 0 spiro atoms. The van der Waals surface area contributed by atoms with Crippen LogP contribution in [0.15, 0.2) is 28.6 Å². The van der Waals surface area contributed by atoms with Crippen LogP contribution in [0, 0.1) is 10.1 Å². The van der Waals surface area contributed by atoms with Crippen molar-refractivity contribution in [2.45, 2.75) is 42.8 Å². The summed E-state index contributed by atoms with van der Waals surface area (Å²) in [6.45, 7) is 5.65. The fourth-order valence-electron chi connectivity index (χ4n) is 2.50. The Bertz CT molecular complexity index is 992. The average molecular weight is 460 g/mol. The molecule has 0 fully saturated rings. The number of nitrogens with zero attached hydrogens (tertiary/aromatic N) is 4. The Labute approximate surface area is 176 Å². The maximum Gasteiger partial charge on any atom is 0.271 e. The number of nitrogens with one attached hydrogen (secondary N) is 1. The number of carbonyl (C=O) groups is 1. The van der Waals surface area contributed by atoms with E-state index >= 15 is 0 Å². The molecule has 0 aliphatic carbocycles. The van der Waals surface area contributed by atoms with Gasteiger partial charge in [0.1, 0.15) is 6.04 Å². The molecule has 0 aliphatic rings. The van der Waals surface area contributed by atoms with Crippen molar-refractivity contribution in [1.29, 1.82) is 0 Å². The smallest absolute Gasteiger partial charge is 0.271 e. The maximum absolute atomic E-state index is 12.8. The van der Waals surface area contributed by atoms with Crippen LogP contribution < -0.4 is 9.62 Å². The molecule has 1 aromatic heterocycles. The Kier molecular flexibility index (Phi) is 7.54. The molecule has 0 saturated heterocycles. The van der Waals surface area contributed by atoms with E-state index in [4.69, 9.17) is 0 Å². The Hall–Kier alpha value is -2.25. The molecule has 0 bridgehead atoms. The van der Waals surface area contributed by atoms with E-state index in [1.807, 2.05) is 13.8 Å². The van der Waals surface area contributed by atoms with Crippen LogP contribution in [0.5, 0.6) is 0 Å². The lowest BCUT2D eigenvalue weighted by Gasteiger charge is -2.29. The molecule has 1 heterocycles. The summed E-state index contributed by atoms with van der Waals surface area (Å²) in [5.41, 5.74) is -0.233. The van der Waals surface area contributed by atoms with Crippen LogP contribution >= 0.6 is 23.1 Å². The van der Waals surface area contributed by atoms with Crippen molar-refractivity contribution in [1.82, 2.24) is 10.2 Å². The van der Waals surface area contributed by atoms with Gasteiger partial charge in [-0.3, -0.25) is 24.5 Å². The van der Waals surface area contributed by atoms with Gasteiger partial charge in [0.25, 0.3) is 5.69 Å². The Balaban J connectivity index is 2.33. The fraction of sp³-hybridized carbons (Fsp3) is 0.438. The second-order valence-electron chi connectivity index (χ2n) is 6.29. The molecular formula is C16H21N5O5S3. The van der Waals surface area contributed by atoms with Gasteiger partial charge in [-0.1, -0.05) is 49.9 Å². The number of anilines is 2. The molecule has 0 aliphatic heterocycles. The summed E-state index contributed by atoms with van der Waals surface area (Å²) in [5, 5.41) is 22.1. The van der Waals surface area contributed by atoms with Gasteiger partial charge in [0, 0.05) is 17.4 Å². The number of nitro groups is 1. The third-order valence-corrected chi connectivity index (χ3v) is 6.70. The number of aromatic nitrogens is 2. The van der Waals surface area contributed by atoms with Gasteiger partial charge in [-0.25, -0.2) is 8.42 Å². The van der Waals surface area contributed by atoms with Crippen LogP contribution in [-0.2, 0) is 14.8 Å². The van der Waals surface area contributed by atoms with E-state index < -0.39 is 26.9 Å². The van der Waals surface area contributed by atoms with E-state index in [2.05, 4.69) is 15.5 Å². The molecule has 1 aromatic carbocycles. The van der Waals surface area contributed by atoms with Gasteiger partial charge >= 0.3 is 0 Å². The van der Waals surface area contributed by atoms with Crippen LogP contribution in [0.4, 0.5) is 16.5 Å². The van der Waals surface area contributed by atoms with Gasteiger partial charge in [-0.2, -0.15) is 0 Å². The van der Waals surface area contributed by atoms with Crippen LogP contribution in [0.3, 0.4) is 0 Å². The third kappa shape index (κ3) is 6.11. The van der Waals surface area contributed by atoms with Gasteiger partial charge in [0.15, 0.2) is 4.34 Å². The highest BCUT2D eigenvalue weighted by atomic mass is 32.2.